The topological polar surface area (TPSA) is 34.0 Å². The second-order valence-electron chi connectivity index (χ2n) is 8.39. The molecule has 1 heterocycles. The Balaban J connectivity index is 1.55. The molecular weight excluding hydrogens is 496 g/mol. The number of fused-ring (bicyclic) bond motifs is 3. The summed E-state index contributed by atoms with van der Waals surface area (Å²) in [6.07, 6.45) is 0. The van der Waals surface area contributed by atoms with Gasteiger partial charge in [-0.1, -0.05) is 82.7 Å². The van der Waals surface area contributed by atoms with Crippen LogP contribution in [0.2, 0.25) is 0 Å². The van der Waals surface area contributed by atoms with E-state index in [4.69, 9.17) is 0 Å². The lowest BCUT2D eigenvalue weighted by atomic mass is 9.98. The third kappa shape index (κ3) is 3.82. The molecular formula is C31H21BrN2O. The number of nitrogens with zero attached hydrogens (tertiary/aromatic N) is 1. The van der Waals surface area contributed by atoms with Gasteiger partial charge in [0.05, 0.1) is 11.0 Å². The zero-order valence-electron chi connectivity index (χ0n) is 18.8. The predicted octanol–water partition coefficient (Wildman–Crippen LogP) is 8.47. The first-order valence-corrected chi connectivity index (χ1v) is 12.2. The number of benzene rings is 5. The van der Waals surface area contributed by atoms with Crippen LogP contribution in [0.1, 0.15) is 10.4 Å². The van der Waals surface area contributed by atoms with E-state index in [9.17, 15) is 4.79 Å². The number of para-hydroxylation sites is 3. The van der Waals surface area contributed by atoms with Crippen molar-refractivity contribution in [3.05, 3.63) is 131 Å². The fourth-order valence-electron chi connectivity index (χ4n) is 4.72. The molecule has 168 valence electrons. The van der Waals surface area contributed by atoms with E-state index in [1.807, 2.05) is 48.5 Å². The van der Waals surface area contributed by atoms with Crippen LogP contribution in [0.25, 0.3) is 38.6 Å². The van der Waals surface area contributed by atoms with E-state index in [2.05, 4.69) is 98.6 Å². The van der Waals surface area contributed by atoms with Crippen molar-refractivity contribution in [3.8, 4) is 16.8 Å². The van der Waals surface area contributed by atoms with Gasteiger partial charge in [0.1, 0.15) is 0 Å². The Kier molecular flexibility index (Phi) is 5.44. The maximum atomic E-state index is 13.0. The highest BCUT2D eigenvalue weighted by atomic mass is 79.9. The van der Waals surface area contributed by atoms with E-state index >= 15 is 0 Å². The van der Waals surface area contributed by atoms with Crippen molar-refractivity contribution in [1.29, 1.82) is 0 Å². The molecule has 0 aliphatic rings. The van der Waals surface area contributed by atoms with Crippen LogP contribution in [0.4, 0.5) is 5.69 Å². The van der Waals surface area contributed by atoms with Crippen molar-refractivity contribution in [1.82, 2.24) is 4.57 Å². The van der Waals surface area contributed by atoms with Gasteiger partial charge in [-0.05, 0) is 60.2 Å². The number of amides is 1. The summed E-state index contributed by atoms with van der Waals surface area (Å²) in [6, 6.07) is 40.7. The maximum absolute atomic E-state index is 13.0. The van der Waals surface area contributed by atoms with Gasteiger partial charge < -0.3 is 9.88 Å². The Morgan fingerprint density at radius 1 is 0.629 bits per heavy atom. The van der Waals surface area contributed by atoms with Crippen LogP contribution in [0.5, 0.6) is 0 Å². The summed E-state index contributed by atoms with van der Waals surface area (Å²) in [6.45, 7) is 0. The Morgan fingerprint density at radius 2 is 1.29 bits per heavy atom. The van der Waals surface area contributed by atoms with E-state index < -0.39 is 0 Å². The van der Waals surface area contributed by atoms with Gasteiger partial charge in [-0.2, -0.15) is 0 Å². The van der Waals surface area contributed by atoms with Crippen molar-refractivity contribution in [2.24, 2.45) is 0 Å². The van der Waals surface area contributed by atoms with Gasteiger partial charge in [0.2, 0.25) is 0 Å². The predicted molar refractivity (Wildman–Crippen MR) is 148 cm³/mol. The minimum Gasteiger partial charge on any atom is -0.321 e. The lowest BCUT2D eigenvalue weighted by Gasteiger charge is -2.13. The molecule has 0 saturated carbocycles. The van der Waals surface area contributed by atoms with Crippen molar-refractivity contribution < 1.29 is 4.79 Å². The number of carbonyl (C=O) groups is 1. The summed E-state index contributed by atoms with van der Waals surface area (Å²) >= 11 is 3.43. The largest absolute Gasteiger partial charge is 0.321 e. The van der Waals surface area contributed by atoms with Crippen molar-refractivity contribution in [3.63, 3.8) is 0 Å². The summed E-state index contributed by atoms with van der Waals surface area (Å²) in [5, 5.41) is 5.48. The lowest BCUT2D eigenvalue weighted by molar-refractivity contribution is 0.102. The van der Waals surface area contributed by atoms with Crippen LogP contribution in [0.3, 0.4) is 0 Å². The first-order valence-electron chi connectivity index (χ1n) is 11.4. The summed E-state index contributed by atoms with van der Waals surface area (Å²) in [5.41, 5.74) is 6.86. The number of carbonyl (C=O) groups excluding carboxylic acids is 1. The highest BCUT2D eigenvalue weighted by Crippen LogP contribution is 2.40. The molecule has 1 aromatic heterocycles. The van der Waals surface area contributed by atoms with Crippen molar-refractivity contribution in [2.75, 3.05) is 5.32 Å². The second-order valence-corrected chi connectivity index (χ2v) is 9.31. The van der Waals surface area contributed by atoms with Gasteiger partial charge in [-0.15, -0.1) is 0 Å². The average molecular weight is 517 g/mol. The van der Waals surface area contributed by atoms with Gasteiger partial charge >= 0.3 is 0 Å². The fraction of sp³-hybridized carbons (Fsp3) is 0. The van der Waals surface area contributed by atoms with Crippen LogP contribution >= 0.6 is 15.9 Å². The summed E-state index contributed by atoms with van der Waals surface area (Å²) in [4.78, 5) is 13.0. The van der Waals surface area contributed by atoms with E-state index in [-0.39, 0.29) is 5.91 Å². The Labute approximate surface area is 211 Å². The minimum absolute atomic E-state index is 0.135. The van der Waals surface area contributed by atoms with E-state index in [1.54, 1.807) is 0 Å². The van der Waals surface area contributed by atoms with Gasteiger partial charge in [-0.25, -0.2) is 0 Å². The van der Waals surface area contributed by atoms with Crippen LogP contribution < -0.4 is 5.32 Å². The van der Waals surface area contributed by atoms with Gasteiger partial charge in [-0.3, -0.25) is 4.79 Å². The lowest BCUT2D eigenvalue weighted by Crippen LogP contribution is -2.12. The smallest absolute Gasteiger partial charge is 0.255 e. The molecule has 5 aromatic carbocycles. The monoisotopic (exact) mass is 516 g/mol. The quantitative estimate of drug-likeness (QED) is 0.250. The second kappa shape index (κ2) is 8.90. The van der Waals surface area contributed by atoms with E-state index in [0.717, 1.165) is 43.4 Å². The number of halogens is 1. The summed E-state index contributed by atoms with van der Waals surface area (Å²) < 4.78 is 3.24. The van der Waals surface area contributed by atoms with Crippen molar-refractivity contribution >= 4 is 49.3 Å². The van der Waals surface area contributed by atoms with Crippen LogP contribution in [-0.2, 0) is 0 Å². The molecule has 0 radical (unpaired) electrons. The van der Waals surface area contributed by atoms with Gasteiger partial charge in [0.15, 0.2) is 0 Å². The number of rotatable bonds is 4. The first kappa shape index (κ1) is 21.4. The van der Waals surface area contributed by atoms with Crippen LogP contribution in [-0.4, -0.2) is 10.5 Å². The highest BCUT2D eigenvalue weighted by Gasteiger charge is 2.18. The van der Waals surface area contributed by atoms with Gasteiger partial charge in [0.25, 0.3) is 5.91 Å². The fourth-order valence-corrected chi connectivity index (χ4v) is 4.99. The Bertz CT molecular complexity index is 1690. The maximum Gasteiger partial charge on any atom is 0.255 e. The molecule has 0 spiro atoms. The molecule has 4 heteroatoms. The molecule has 0 aliphatic heterocycles. The number of nitrogens with one attached hydrogen (secondary N) is 1. The molecule has 0 fully saturated rings. The molecule has 6 aromatic rings. The zero-order chi connectivity index (χ0) is 23.8. The zero-order valence-corrected chi connectivity index (χ0v) is 20.4. The standard InChI is InChI=1S/C31H21BrN2O/c32-22-19-17-21(18-20-22)31(35)33-27-14-6-4-11-24(27)25-13-8-16-29-30(25)26-12-5-7-15-28(26)34(29)23-9-2-1-3-10-23/h1-20H,(H,33,35). The van der Waals surface area contributed by atoms with Gasteiger partial charge in [0, 0.05) is 37.7 Å². The third-order valence-electron chi connectivity index (χ3n) is 6.28. The molecule has 0 bridgehead atoms. The molecule has 6 rings (SSSR count). The Hall–Kier alpha value is -4.15. The van der Waals surface area contributed by atoms with E-state index in [0.29, 0.717) is 5.56 Å². The SMILES string of the molecule is O=C(Nc1ccccc1-c1cccc2c1c1ccccc1n2-c1ccccc1)c1ccc(Br)cc1. The van der Waals surface area contributed by atoms with Crippen LogP contribution in [0, 0.1) is 0 Å². The highest BCUT2D eigenvalue weighted by molar-refractivity contribution is 9.10. The number of anilines is 1. The minimum atomic E-state index is -0.135. The normalized spacial score (nSPS) is 11.1. The molecule has 0 atom stereocenters. The molecule has 0 aliphatic carbocycles. The first-order chi connectivity index (χ1) is 17.2. The molecule has 0 saturated heterocycles. The van der Waals surface area contributed by atoms with Crippen molar-refractivity contribution in [2.45, 2.75) is 0 Å². The molecule has 3 nitrogen and oxygen atoms in total. The molecule has 0 unspecified atom stereocenters. The molecule has 1 N–H and O–H groups in total. The summed E-state index contributed by atoms with van der Waals surface area (Å²) in [7, 11) is 0. The molecule has 35 heavy (non-hydrogen) atoms. The summed E-state index contributed by atoms with van der Waals surface area (Å²) in [5.74, 6) is -0.135. The number of hydrogen-bond donors (Lipinski definition) is 1. The Morgan fingerprint density at radius 3 is 2.11 bits per heavy atom. The number of aromatic nitrogens is 1. The number of hydrogen-bond acceptors (Lipinski definition) is 1. The third-order valence-corrected chi connectivity index (χ3v) is 6.81. The average Bonchev–Trinajstić information content (AvgIpc) is 3.24. The molecule has 1 amide bonds. The van der Waals surface area contributed by atoms with E-state index in [1.165, 1.54) is 5.39 Å². The van der Waals surface area contributed by atoms with Crippen LogP contribution in [0.15, 0.2) is 126 Å².